The van der Waals surface area contributed by atoms with Gasteiger partial charge in [-0.1, -0.05) is 32.6 Å². The average Bonchev–Trinajstić information content (AvgIpc) is 3.11. The van der Waals surface area contributed by atoms with Crippen molar-refractivity contribution in [2.24, 2.45) is 0 Å². The molecule has 0 aromatic carbocycles. The molecule has 7 nitrogen and oxygen atoms in total. The summed E-state index contributed by atoms with van der Waals surface area (Å²) in [6, 6.07) is 2.92. The van der Waals surface area contributed by atoms with Crippen LogP contribution in [0, 0.1) is 0 Å². The second-order valence-electron chi connectivity index (χ2n) is 9.86. The van der Waals surface area contributed by atoms with Crippen LogP contribution in [0.5, 0.6) is 0 Å². The van der Waals surface area contributed by atoms with Crippen molar-refractivity contribution < 1.29 is 4.79 Å². The number of anilines is 2. The van der Waals surface area contributed by atoms with Gasteiger partial charge in [-0.2, -0.15) is 4.98 Å². The van der Waals surface area contributed by atoms with E-state index in [0.717, 1.165) is 83.1 Å². The Morgan fingerprint density at radius 1 is 1.03 bits per heavy atom. The number of nitrogens with one attached hydrogen (secondary N) is 1. The molecule has 3 saturated heterocycles. The van der Waals surface area contributed by atoms with Crippen LogP contribution < -0.4 is 10.2 Å². The Morgan fingerprint density at radius 3 is 2.69 bits per heavy atom. The minimum atomic E-state index is 0.357. The highest BCUT2D eigenvalue weighted by Gasteiger charge is 2.32. The van der Waals surface area contributed by atoms with E-state index < -0.39 is 0 Å². The van der Waals surface area contributed by atoms with E-state index in [1.165, 1.54) is 38.5 Å². The van der Waals surface area contributed by atoms with Crippen molar-refractivity contribution in [1.82, 2.24) is 19.8 Å². The minimum absolute atomic E-state index is 0.357. The van der Waals surface area contributed by atoms with Crippen LogP contribution in [-0.4, -0.2) is 77.0 Å². The predicted octanol–water partition coefficient (Wildman–Crippen LogP) is 3.91. The first kappa shape index (κ1) is 23.3. The smallest absolute Gasteiger partial charge is 0.224 e. The summed E-state index contributed by atoms with van der Waals surface area (Å²) >= 11 is 0. The van der Waals surface area contributed by atoms with Crippen LogP contribution in [0.1, 0.15) is 77.6 Å². The van der Waals surface area contributed by atoms with Crippen molar-refractivity contribution in [3.63, 3.8) is 0 Å². The van der Waals surface area contributed by atoms with Gasteiger partial charge in [-0.05, 0) is 44.6 Å². The normalized spacial score (nSPS) is 25.0. The fourth-order valence-corrected chi connectivity index (χ4v) is 5.48. The summed E-state index contributed by atoms with van der Waals surface area (Å²) in [6.45, 7) is 8.33. The van der Waals surface area contributed by atoms with Crippen LogP contribution in [0.25, 0.3) is 0 Å². The lowest BCUT2D eigenvalue weighted by atomic mass is 10.0. The van der Waals surface area contributed by atoms with Crippen molar-refractivity contribution in [1.29, 1.82) is 0 Å². The molecule has 1 aromatic rings. The Labute approximate surface area is 194 Å². The molecule has 1 aromatic heterocycles. The van der Waals surface area contributed by atoms with Crippen LogP contribution in [0.3, 0.4) is 0 Å². The second kappa shape index (κ2) is 11.8. The third kappa shape index (κ3) is 6.33. The molecule has 1 N–H and O–H groups in total. The lowest BCUT2D eigenvalue weighted by Gasteiger charge is -2.37. The van der Waals surface area contributed by atoms with Crippen LogP contribution in [0.15, 0.2) is 12.3 Å². The summed E-state index contributed by atoms with van der Waals surface area (Å²) in [6.07, 6.45) is 14.6. The molecule has 3 aliphatic heterocycles. The number of rotatable bonds is 8. The van der Waals surface area contributed by atoms with Gasteiger partial charge in [-0.15, -0.1) is 0 Å². The van der Waals surface area contributed by atoms with Gasteiger partial charge in [-0.25, -0.2) is 4.98 Å². The topological polar surface area (TPSA) is 64.6 Å². The molecular formula is C25H42N6O. The van der Waals surface area contributed by atoms with Crippen molar-refractivity contribution in [3.05, 3.63) is 12.3 Å². The van der Waals surface area contributed by atoms with Gasteiger partial charge in [0.2, 0.25) is 11.9 Å². The van der Waals surface area contributed by atoms with Gasteiger partial charge >= 0.3 is 0 Å². The Balaban J connectivity index is 1.27. The van der Waals surface area contributed by atoms with E-state index in [-0.39, 0.29) is 0 Å². The largest absolute Gasteiger partial charge is 0.356 e. The molecule has 0 radical (unpaired) electrons. The summed E-state index contributed by atoms with van der Waals surface area (Å²) in [5, 5.41) is 3.60. The van der Waals surface area contributed by atoms with E-state index in [1.807, 2.05) is 12.3 Å². The van der Waals surface area contributed by atoms with Gasteiger partial charge in [-0.3, -0.25) is 9.69 Å². The second-order valence-corrected chi connectivity index (χ2v) is 9.86. The van der Waals surface area contributed by atoms with Crippen LogP contribution >= 0.6 is 0 Å². The fraction of sp³-hybridized carbons (Fsp3) is 0.800. The summed E-state index contributed by atoms with van der Waals surface area (Å²) < 4.78 is 0. The Morgan fingerprint density at radius 2 is 1.88 bits per heavy atom. The minimum Gasteiger partial charge on any atom is -0.356 e. The number of amides is 1. The molecule has 4 rings (SSSR count). The molecule has 0 aliphatic carbocycles. The number of nitrogens with zero attached hydrogens (tertiary/aromatic N) is 5. The quantitative estimate of drug-likeness (QED) is 0.616. The zero-order chi connectivity index (χ0) is 22.2. The lowest BCUT2D eigenvalue weighted by Crippen LogP contribution is -2.49. The molecule has 2 atom stereocenters. The number of piperidine rings is 1. The molecule has 1 amide bonds. The number of aromatic nitrogens is 2. The third-order valence-electron chi connectivity index (χ3n) is 7.38. The van der Waals surface area contributed by atoms with E-state index >= 15 is 0 Å². The lowest BCUT2D eigenvalue weighted by molar-refractivity contribution is -0.133. The van der Waals surface area contributed by atoms with Gasteiger partial charge in [0.1, 0.15) is 5.82 Å². The first-order valence-corrected chi connectivity index (χ1v) is 13.1. The molecule has 3 aliphatic rings. The average molecular weight is 443 g/mol. The zero-order valence-electron chi connectivity index (χ0n) is 20.0. The predicted molar refractivity (Wildman–Crippen MR) is 130 cm³/mol. The molecule has 7 heteroatoms. The maximum atomic E-state index is 12.6. The van der Waals surface area contributed by atoms with Crippen molar-refractivity contribution in [2.75, 3.05) is 49.5 Å². The summed E-state index contributed by atoms with van der Waals surface area (Å²) in [5.74, 6) is 2.18. The summed E-state index contributed by atoms with van der Waals surface area (Å²) in [7, 11) is 0. The van der Waals surface area contributed by atoms with Crippen molar-refractivity contribution in [2.45, 2.75) is 89.6 Å². The van der Waals surface area contributed by atoms with Gasteiger partial charge in [0.05, 0.1) is 0 Å². The van der Waals surface area contributed by atoms with Gasteiger partial charge in [0, 0.05) is 64.0 Å². The standard InChI is InChI=1S/C25H42N6O/c1-2-3-6-11-24(32)31-17-9-10-22(20-31)30-18-13-21(19-30)27-25-26-14-12-23(28-25)29-15-7-4-5-8-16-29/h12,14,21-22H,2-11,13,15-20H2,1H3,(H,26,27,28). The molecule has 178 valence electrons. The van der Waals surface area contributed by atoms with E-state index in [0.29, 0.717) is 18.0 Å². The highest BCUT2D eigenvalue weighted by atomic mass is 16.2. The molecule has 0 saturated carbocycles. The Bertz CT molecular complexity index is 720. The molecule has 3 fully saturated rings. The van der Waals surface area contributed by atoms with Crippen molar-refractivity contribution in [3.8, 4) is 0 Å². The fourth-order valence-electron chi connectivity index (χ4n) is 5.48. The maximum absolute atomic E-state index is 12.6. The number of hydrogen-bond acceptors (Lipinski definition) is 6. The Kier molecular flexibility index (Phi) is 8.60. The van der Waals surface area contributed by atoms with E-state index in [4.69, 9.17) is 4.98 Å². The molecule has 32 heavy (non-hydrogen) atoms. The van der Waals surface area contributed by atoms with Crippen LogP contribution in [0.4, 0.5) is 11.8 Å². The Hall–Kier alpha value is -1.89. The van der Waals surface area contributed by atoms with Crippen LogP contribution in [0.2, 0.25) is 0 Å². The zero-order valence-corrected chi connectivity index (χ0v) is 20.0. The number of hydrogen-bond donors (Lipinski definition) is 1. The molecule has 0 bridgehead atoms. The van der Waals surface area contributed by atoms with E-state index in [2.05, 4.69) is 31.9 Å². The first-order chi connectivity index (χ1) is 15.7. The molecule has 4 heterocycles. The van der Waals surface area contributed by atoms with Gasteiger partial charge in [0.15, 0.2) is 0 Å². The SMILES string of the molecule is CCCCCC(=O)N1CCCC(N2CCC(Nc3nccc(N4CCCCCC4)n3)C2)C1. The van der Waals surface area contributed by atoms with Crippen LogP contribution in [-0.2, 0) is 4.79 Å². The number of carbonyl (C=O) groups excluding carboxylic acids is 1. The third-order valence-corrected chi connectivity index (χ3v) is 7.38. The highest BCUT2D eigenvalue weighted by Crippen LogP contribution is 2.24. The molecular weight excluding hydrogens is 400 g/mol. The maximum Gasteiger partial charge on any atom is 0.224 e. The highest BCUT2D eigenvalue weighted by molar-refractivity contribution is 5.76. The molecule has 2 unspecified atom stereocenters. The summed E-state index contributed by atoms with van der Waals surface area (Å²) in [5.41, 5.74) is 0. The molecule has 0 spiro atoms. The number of carbonyl (C=O) groups is 1. The van der Waals surface area contributed by atoms with E-state index in [1.54, 1.807) is 0 Å². The summed E-state index contributed by atoms with van der Waals surface area (Å²) in [4.78, 5) is 29.1. The van der Waals surface area contributed by atoms with Gasteiger partial charge in [0.25, 0.3) is 0 Å². The van der Waals surface area contributed by atoms with Gasteiger partial charge < -0.3 is 15.1 Å². The van der Waals surface area contributed by atoms with Crippen molar-refractivity contribution >= 4 is 17.7 Å². The first-order valence-electron chi connectivity index (χ1n) is 13.1. The van der Waals surface area contributed by atoms with E-state index in [9.17, 15) is 4.79 Å². The monoisotopic (exact) mass is 442 g/mol. The number of likely N-dealkylation sites (tertiary alicyclic amines) is 2. The number of unbranched alkanes of at least 4 members (excludes halogenated alkanes) is 2.